The molecule has 33 heavy (non-hydrogen) atoms. The molecule has 2 heterocycles. The van der Waals surface area contributed by atoms with Gasteiger partial charge in [0.2, 0.25) is 0 Å². The van der Waals surface area contributed by atoms with E-state index in [0.29, 0.717) is 23.8 Å². The van der Waals surface area contributed by atoms with Gasteiger partial charge in [-0.2, -0.15) is 5.10 Å². The Balaban J connectivity index is 1.37. The number of thioether (sulfide) groups is 1. The lowest BCUT2D eigenvalue weighted by Crippen LogP contribution is -2.42. The number of likely N-dealkylation sites (tertiary alicyclic amines) is 1. The molecular formula is C24H29N5O3S. The molecule has 4 rings (SSSR count). The first-order valence-electron chi connectivity index (χ1n) is 11.0. The SMILES string of the molecule is CN/N=C(\SC=O)C1CN(C)CC1NC(=O)c1ccc(OCc2cccc3c2CCN3)cc1. The van der Waals surface area contributed by atoms with Gasteiger partial charge in [-0.15, -0.1) is 0 Å². The van der Waals surface area contributed by atoms with E-state index in [-0.39, 0.29) is 17.9 Å². The van der Waals surface area contributed by atoms with Gasteiger partial charge < -0.3 is 25.7 Å². The number of ether oxygens (including phenoxy) is 1. The average Bonchev–Trinajstić information content (AvgIpc) is 3.44. The highest BCUT2D eigenvalue weighted by molar-refractivity contribution is 8.24. The Morgan fingerprint density at radius 2 is 2.09 bits per heavy atom. The summed E-state index contributed by atoms with van der Waals surface area (Å²) < 4.78 is 5.98. The van der Waals surface area contributed by atoms with Crippen LogP contribution in [0.25, 0.3) is 0 Å². The van der Waals surface area contributed by atoms with E-state index in [1.54, 1.807) is 19.2 Å². The number of rotatable bonds is 8. The molecule has 2 aliphatic rings. The molecule has 0 spiro atoms. The van der Waals surface area contributed by atoms with Crippen molar-refractivity contribution in [3.05, 3.63) is 59.2 Å². The van der Waals surface area contributed by atoms with E-state index >= 15 is 0 Å². The fraction of sp³-hybridized carbons (Fsp3) is 0.375. The summed E-state index contributed by atoms with van der Waals surface area (Å²) in [6.45, 7) is 2.87. The first-order valence-corrected chi connectivity index (χ1v) is 11.9. The maximum absolute atomic E-state index is 12.9. The van der Waals surface area contributed by atoms with Gasteiger partial charge in [-0.3, -0.25) is 9.59 Å². The molecule has 3 N–H and O–H groups in total. The van der Waals surface area contributed by atoms with Crippen molar-refractivity contribution in [2.75, 3.05) is 39.0 Å². The highest BCUT2D eigenvalue weighted by Crippen LogP contribution is 2.27. The van der Waals surface area contributed by atoms with Gasteiger partial charge in [0.15, 0.2) is 5.62 Å². The summed E-state index contributed by atoms with van der Waals surface area (Å²) >= 11 is 1.05. The monoisotopic (exact) mass is 467 g/mol. The molecule has 2 aromatic rings. The molecular weight excluding hydrogens is 438 g/mol. The maximum Gasteiger partial charge on any atom is 0.251 e. The summed E-state index contributed by atoms with van der Waals surface area (Å²) in [5.74, 6) is 0.518. The van der Waals surface area contributed by atoms with Crippen molar-refractivity contribution in [2.45, 2.75) is 19.1 Å². The van der Waals surface area contributed by atoms with Crippen LogP contribution in [0.1, 0.15) is 21.5 Å². The molecule has 8 nitrogen and oxygen atoms in total. The highest BCUT2D eigenvalue weighted by atomic mass is 32.2. The number of hydrogen-bond acceptors (Lipinski definition) is 8. The number of fused-ring (bicyclic) bond motifs is 1. The Bertz CT molecular complexity index is 1030. The molecule has 2 aliphatic heterocycles. The Morgan fingerprint density at radius 1 is 1.27 bits per heavy atom. The van der Waals surface area contributed by atoms with Crippen LogP contribution in [0.5, 0.6) is 5.75 Å². The number of likely N-dealkylation sites (N-methyl/N-ethyl adjacent to an activating group) is 1. The molecule has 1 amide bonds. The number of benzene rings is 2. The van der Waals surface area contributed by atoms with Gasteiger partial charge in [0, 0.05) is 43.9 Å². The zero-order chi connectivity index (χ0) is 23.2. The van der Waals surface area contributed by atoms with Crippen LogP contribution >= 0.6 is 11.8 Å². The largest absolute Gasteiger partial charge is 0.489 e. The van der Waals surface area contributed by atoms with Crippen LogP contribution < -0.4 is 20.8 Å². The van der Waals surface area contributed by atoms with E-state index in [9.17, 15) is 9.59 Å². The van der Waals surface area contributed by atoms with Crippen LogP contribution in [0.2, 0.25) is 0 Å². The summed E-state index contributed by atoms with van der Waals surface area (Å²) in [6, 6.07) is 13.3. The number of hydrogen-bond donors (Lipinski definition) is 3. The van der Waals surface area contributed by atoms with Gasteiger partial charge in [-0.25, -0.2) is 0 Å². The molecule has 0 radical (unpaired) electrons. The second kappa shape index (κ2) is 10.7. The van der Waals surface area contributed by atoms with Crippen LogP contribution in [0, 0.1) is 5.92 Å². The third-order valence-corrected chi connectivity index (χ3v) is 6.73. The van der Waals surface area contributed by atoms with Crippen molar-refractivity contribution in [3.63, 3.8) is 0 Å². The molecule has 0 bridgehead atoms. The lowest BCUT2D eigenvalue weighted by Gasteiger charge is -2.20. The molecule has 0 aromatic heterocycles. The molecule has 0 aliphatic carbocycles. The number of amides is 1. The van der Waals surface area contributed by atoms with Crippen LogP contribution in [0.4, 0.5) is 5.69 Å². The third-order valence-electron chi connectivity index (χ3n) is 6.00. The smallest absolute Gasteiger partial charge is 0.251 e. The van der Waals surface area contributed by atoms with Crippen LogP contribution in [-0.4, -0.2) is 61.2 Å². The lowest BCUT2D eigenvalue weighted by molar-refractivity contribution is 0.0935. The van der Waals surface area contributed by atoms with Gasteiger partial charge >= 0.3 is 0 Å². The second-order valence-electron chi connectivity index (χ2n) is 8.23. The summed E-state index contributed by atoms with van der Waals surface area (Å²) in [5.41, 5.74) is 7.78. The molecule has 2 aromatic carbocycles. The number of nitrogens with zero attached hydrogens (tertiary/aromatic N) is 2. The van der Waals surface area contributed by atoms with E-state index in [1.807, 2.05) is 25.2 Å². The molecule has 9 heteroatoms. The molecule has 2 atom stereocenters. The second-order valence-corrected chi connectivity index (χ2v) is 9.07. The summed E-state index contributed by atoms with van der Waals surface area (Å²) in [4.78, 5) is 26.1. The normalized spacial score (nSPS) is 20.1. The van der Waals surface area contributed by atoms with E-state index in [0.717, 1.165) is 42.6 Å². The average molecular weight is 468 g/mol. The minimum absolute atomic E-state index is 0.0497. The number of carbonyl (C=O) groups is 2. The predicted octanol–water partition coefficient (Wildman–Crippen LogP) is 2.35. The third kappa shape index (κ3) is 5.48. The van der Waals surface area contributed by atoms with E-state index < -0.39 is 0 Å². The Morgan fingerprint density at radius 3 is 2.85 bits per heavy atom. The topological polar surface area (TPSA) is 95.1 Å². The number of carbonyl (C=O) groups excluding carboxylic acids is 2. The number of nitrogens with one attached hydrogen (secondary N) is 3. The van der Waals surface area contributed by atoms with Crippen molar-refractivity contribution in [1.29, 1.82) is 0 Å². The zero-order valence-corrected chi connectivity index (χ0v) is 19.7. The Kier molecular flexibility index (Phi) is 7.51. The number of hydrazone groups is 1. The van der Waals surface area contributed by atoms with E-state index in [1.165, 1.54) is 16.8 Å². The standard InChI is InChI=1S/C24H29N5O3S/c1-25-28-24(33-15-30)20-12-29(2)13-22(20)27-23(31)16-6-8-18(9-7-16)32-14-17-4-3-5-21-19(17)10-11-26-21/h3-9,15,20,22,25-26H,10-14H2,1-2H3,(H,27,31)/b28-24-. The van der Waals surface area contributed by atoms with Crippen molar-refractivity contribution in [1.82, 2.24) is 15.6 Å². The van der Waals surface area contributed by atoms with Gasteiger partial charge in [-0.05, 0) is 66.7 Å². The fourth-order valence-electron chi connectivity index (χ4n) is 4.42. The summed E-state index contributed by atoms with van der Waals surface area (Å²) in [6.07, 6.45) is 1.01. The number of anilines is 1. The maximum atomic E-state index is 12.9. The molecule has 2 unspecified atom stereocenters. The minimum Gasteiger partial charge on any atom is -0.489 e. The van der Waals surface area contributed by atoms with Gasteiger partial charge in [-0.1, -0.05) is 12.1 Å². The van der Waals surface area contributed by atoms with Crippen molar-refractivity contribution < 1.29 is 14.3 Å². The van der Waals surface area contributed by atoms with Crippen molar-refractivity contribution >= 4 is 34.0 Å². The molecule has 174 valence electrons. The quantitative estimate of drug-likeness (QED) is 0.237. The predicted molar refractivity (Wildman–Crippen MR) is 132 cm³/mol. The Labute approximate surface area is 198 Å². The first-order chi connectivity index (χ1) is 16.1. The Hall–Kier alpha value is -3.04. The zero-order valence-electron chi connectivity index (χ0n) is 18.8. The summed E-state index contributed by atoms with van der Waals surface area (Å²) in [7, 11) is 3.69. The van der Waals surface area contributed by atoms with Gasteiger partial charge in [0.25, 0.3) is 5.91 Å². The molecule has 1 saturated heterocycles. The fourth-order valence-corrected chi connectivity index (χ4v) is 5.08. The van der Waals surface area contributed by atoms with Gasteiger partial charge in [0.1, 0.15) is 17.4 Å². The van der Waals surface area contributed by atoms with Crippen molar-refractivity contribution in [2.24, 2.45) is 11.0 Å². The van der Waals surface area contributed by atoms with E-state index in [2.05, 4.69) is 38.2 Å². The van der Waals surface area contributed by atoms with E-state index in [4.69, 9.17) is 4.74 Å². The molecule has 0 saturated carbocycles. The highest BCUT2D eigenvalue weighted by Gasteiger charge is 2.36. The van der Waals surface area contributed by atoms with Crippen molar-refractivity contribution in [3.8, 4) is 5.75 Å². The van der Waals surface area contributed by atoms with Crippen LogP contribution in [0.3, 0.4) is 0 Å². The summed E-state index contributed by atoms with van der Waals surface area (Å²) in [5, 5.41) is 11.4. The minimum atomic E-state index is -0.154. The van der Waals surface area contributed by atoms with Crippen LogP contribution in [0.15, 0.2) is 47.6 Å². The molecule has 1 fully saturated rings. The van der Waals surface area contributed by atoms with Crippen LogP contribution in [-0.2, 0) is 17.8 Å². The van der Waals surface area contributed by atoms with Gasteiger partial charge in [0.05, 0.1) is 6.04 Å². The first kappa shape index (κ1) is 23.1. The lowest BCUT2D eigenvalue weighted by atomic mass is 10.0.